The van der Waals surface area contributed by atoms with Crippen LogP contribution in [-0.4, -0.2) is 32.4 Å². The van der Waals surface area contributed by atoms with Gasteiger partial charge in [0.25, 0.3) is 0 Å². The Bertz CT molecular complexity index is 1120. The predicted molar refractivity (Wildman–Crippen MR) is 121 cm³/mol. The van der Waals surface area contributed by atoms with E-state index < -0.39 is 22.8 Å². The van der Waals surface area contributed by atoms with Gasteiger partial charge in [-0.15, -0.1) is 0 Å². The van der Waals surface area contributed by atoms with Crippen LogP contribution in [0.4, 0.5) is 0 Å². The molecule has 0 aromatic heterocycles. The SMILES string of the molecule is CC(C)(c1cccc(C(C)(C)c2ccc(O)c(C(=O)O)c2)c1)c1ccc(O)c(C(=O)O)c1. The number of aromatic carboxylic acids is 2. The van der Waals surface area contributed by atoms with Gasteiger partial charge in [-0.1, -0.05) is 64.1 Å². The average Bonchev–Trinajstić information content (AvgIpc) is 2.73. The third-order valence-electron chi connectivity index (χ3n) is 6.20. The van der Waals surface area contributed by atoms with Gasteiger partial charge in [-0.2, -0.15) is 0 Å². The molecule has 6 nitrogen and oxygen atoms in total. The molecule has 166 valence electrons. The Morgan fingerprint density at radius 1 is 0.594 bits per heavy atom. The molecule has 0 aliphatic heterocycles. The van der Waals surface area contributed by atoms with Gasteiger partial charge in [0.05, 0.1) is 0 Å². The molecule has 0 aliphatic rings. The number of phenols is 2. The Kier molecular flexibility index (Phi) is 5.75. The molecule has 0 aliphatic carbocycles. The summed E-state index contributed by atoms with van der Waals surface area (Å²) < 4.78 is 0. The van der Waals surface area contributed by atoms with Crippen molar-refractivity contribution in [3.8, 4) is 11.5 Å². The molecule has 0 heterocycles. The summed E-state index contributed by atoms with van der Waals surface area (Å²) in [5, 5.41) is 38.4. The molecule has 0 saturated heterocycles. The lowest BCUT2D eigenvalue weighted by molar-refractivity contribution is 0.0682. The third kappa shape index (κ3) is 4.04. The second-order valence-electron chi connectivity index (χ2n) is 8.90. The van der Waals surface area contributed by atoms with Crippen molar-refractivity contribution in [3.05, 3.63) is 94.0 Å². The highest BCUT2D eigenvalue weighted by molar-refractivity contribution is 5.91. The fourth-order valence-corrected chi connectivity index (χ4v) is 3.82. The van der Waals surface area contributed by atoms with E-state index in [-0.39, 0.29) is 22.6 Å². The van der Waals surface area contributed by atoms with Crippen LogP contribution in [0.3, 0.4) is 0 Å². The minimum absolute atomic E-state index is 0.155. The smallest absolute Gasteiger partial charge is 0.339 e. The normalized spacial score (nSPS) is 11.9. The van der Waals surface area contributed by atoms with Gasteiger partial charge in [-0.3, -0.25) is 0 Å². The molecular formula is C26H26O6. The molecule has 0 fully saturated rings. The van der Waals surface area contributed by atoms with Crippen molar-refractivity contribution < 1.29 is 30.0 Å². The van der Waals surface area contributed by atoms with Crippen molar-refractivity contribution in [1.82, 2.24) is 0 Å². The molecule has 0 radical (unpaired) electrons. The van der Waals surface area contributed by atoms with Crippen LogP contribution in [0.1, 0.15) is 70.7 Å². The standard InChI is InChI=1S/C26H26O6/c1-25(2,17-8-10-21(27)19(13-17)23(29)30)15-6-5-7-16(12-15)26(3,4)18-9-11-22(28)20(14-18)24(31)32/h5-14,27-28H,1-4H3,(H,29,30)(H,31,32). The molecule has 0 atom stereocenters. The topological polar surface area (TPSA) is 115 Å². The predicted octanol–water partition coefficient (Wildman–Crippen LogP) is 5.15. The maximum atomic E-state index is 11.5. The minimum atomic E-state index is -1.20. The Morgan fingerprint density at radius 2 is 0.938 bits per heavy atom. The molecule has 3 aromatic rings. The molecule has 0 bridgehead atoms. The Balaban J connectivity index is 2.08. The van der Waals surface area contributed by atoms with E-state index in [4.69, 9.17) is 0 Å². The number of carboxylic acids is 2. The number of carboxylic acid groups (broad SMARTS) is 2. The third-order valence-corrected chi connectivity index (χ3v) is 6.20. The van der Waals surface area contributed by atoms with Gasteiger partial charge in [0, 0.05) is 10.8 Å². The van der Waals surface area contributed by atoms with Crippen molar-refractivity contribution in [3.63, 3.8) is 0 Å². The minimum Gasteiger partial charge on any atom is -0.507 e. The molecule has 6 heteroatoms. The van der Waals surface area contributed by atoms with Gasteiger partial charge in [0.15, 0.2) is 0 Å². The van der Waals surface area contributed by atoms with Gasteiger partial charge in [-0.25, -0.2) is 9.59 Å². The van der Waals surface area contributed by atoms with E-state index in [1.807, 2.05) is 52.0 Å². The fraction of sp³-hybridized carbons (Fsp3) is 0.231. The quantitative estimate of drug-likeness (QED) is 0.427. The average molecular weight is 434 g/mol. The summed E-state index contributed by atoms with van der Waals surface area (Å²) in [6.45, 7) is 7.89. The largest absolute Gasteiger partial charge is 0.507 e. The highest BCUT2D eigenvalue weighted by Crippen LogP contribution is 2.38. The van der Waals surface area contributed by atoms with E-state index in [1.165, 1.54) is 24.3 Å². The summed E-state index contributed by atoms with van der Waals surface area (Å²) >= 11 is 0. The van der Waals surface area contributed by atoms with E-state index >= 15 is 0 Å². The van der Waals surface area contributed by atoms with Gasteiger partial charge in [-0.05, 0) is 46.5 Å². The Morgan fingerprint density at radius 3 is 1.28 bits per heavy atom. The van der Waals surface area contributed by atoms with Crippen LogP contribution >= 0.6 is 0 Å². The number of rotatable bonds is 6. The number of hydrogen-bond acceptors (Lipinski definition) is 4. The maximum absolute atomic E-state index is 11.5. The van der Waals surface area contributed by atoms with Crippen molar-refractivity contribution >= 4 is 11.9 Å². The summed E-state index contributed by atoms with van der Waals surface area (Å²) in [7, 11) is 0. The number of benzene rings is 3. The van der Waals surface area contributed by atoms with Crippen LogP contribution in [-0.2, 0) is 10.8 Å². The first-order valence-electron chi connectivity index (χ1n) is 10.1. The fourth-order valence-electron chi connectivity index (χ4n) is 3.82. The van der Waals surface area contributed by atoms with Gasteiger partial charge in [0.2, 0.25) is 0 Å². The van der Waals surface area contributed by atoms with E-state index in [9.17, 15) is 30.0 Å². The molecular weight excluding hydrogens is 408 g/mol. The second kappa shape index (κ2) is 8.04. The molecule has 3 rings (SSSR count). The van der Waals surface area contributed by atoms with E-state index in [0.29, 0.717) is 0 Å². The molecule has 3 aromatic carbocycles. The van der Waals surface area contributed by atoms with Crippen molar-refractivity contribution in [2.75, 3.05) is 0 Å². The summed E-state index contributed by atoms with van der Waals surface area (Å²) in [6.07, 6.45) is 0. The van der Waals surface area contributed by atoms with Crippen LogP contribution < -0.4 is 0 Å². The van der Waals surface area contributed by atoms with Gasteiger partial charge < -0.3 is 20.4 Å². The summed E-state index contributed by atoms with van der Waals surface area (Å²) in [5.74, 6) is -2.96. The van der Waals surface area contributed by atoms with Crippen LogP contribution in [0.15, 0.2) is 60.7 Å². The van der Waals surface area contributed by atoms with Crippen LogP contribution in [0.25, 0.3) is 0 Å². The maximum Gasteiger partial charge on any atom is 0.339 e. The van der Waals surface area contributed by atoms with Crippen molar-refractivity contribution in [2.45, 2.75) is 38.5 Å². The molecule has 32 heavy (non-hydrogen) atoms. The highest BCUT2D eigenvalue weighted by atomic mass is 16.4. The van der Waals surface area contributed by atoms with E-state index in [0.717, 1.165) is 22.3 Å². The second-order valence-corrected chi connectivity index (χ2v) is 8.90. The lowest BCUT2D eigenvalue weighted by Gasteiger charge is -2.31. The van der Waals surface area contributed by atoms with E-state index in [2.05, 4.69) is 0 Å². The van der Waals surface area contributed by atoms with Crippen molar-refractivity contribution in [2.24, 2.45) is 0 Å². The zero-order chi connectivity index (χ0) is 23.8. The van der Waals surface area contributed by atoms with Gasteiger partial charge >= 0.3 is 11.9 Å². The molecule has 0 amide bonds. The molecule has 0 unspecified atom stereocenters. The lowest BCUT2D eigenvalue weighted by atomic mass is 9.73. The number of hydrogen-bond donors (Lipinski definition) is 4. The first-order valence-corrected chi connectivity index (χ1v) is 10.1. The zero-order valence-corrected chi connectivity index (χ0v) is 18.4. The Hall–Kier alpha value is -3.80. The molecule has 4 N–H and O–H groups in total. The monoisotopic (exact) mass is 434 g/mol. The summed E-state index contributed by atoms with van der Waals surface area (Å²) in [6, 6.07) is 17.0. The first kappa shape index (κ1) is 22.9. The van der Waals surface area contributed by atoms with Crippen LogP contribution in [0.5, 0.6) is 11.5 Å². The number of aromatic hydroxyl groups is 2. The van der Waals surface area contributed by atoms with Crippen LogP contribution in [0, 0.1) is 0 Å². The Labute approximate surface area is 186 Å². The molecule has 0 spiro atoms. The first-order chi connectivity index (χ1) is 14.9. The number of carbonyl (C=O) groups is 2. The van der Waals surface area contributed by atoms with Gasteiger partial charge in [0.1, 0.15) is 22.6 Å². The summed E-state index contributed by atoms with van der Waals surface area (Å²) in [4.78, 5) is 22.9. The lowest BCUT2D eigenvalue weighted by Crippen LogP contribution is -2.23. The highest BCUT2D eigenvalue weighted by Gasteiger charge is 2.29. The zero-order valence-electron chi connectivity index (χ0n) is 18.4. The molecule has 0 saturated carbocycles. The summed E-state index contributed by atoms with van der Waals surface area (Å²) in [5.41, 5.74) is 1.90. The van der Waals surface area contributed by atoms with Crippen LogP contribution in [0.2, 0.25) is 0 Å². The van der Waals surface area contributed by atoms with E-state index in [1.54, 1.807) is 12.1 Å². The van der Waals surface area contributed by atoms with Crippen molar-refractivity contribution in [1.29, 1.82) is 0 Å².